The summed E-state index contributed by atoms with van der Waals surface area (Å²) in [7, 11) is 1.61. The van der Waals surface area contributed by atoms with E-state index in [9.17, 15) is 9.59 Å². The van der Waals surface area contributed by atoms with Gasteiger partial charge in [-0.15, -0.1) is 0 Å². The lowest BCUT2D eigenvalue weighted by Crippen LogP contribution is -3.31. The summed E-state index contributed by atoms with van der Waals surface area (Å²) in [6, 6.07) is 16.4. The quantitative estimate of drug-likeness (QED) is 0.665. The number of quaternary nitrogens is 2. The van der Waals surface area contributed by atoms with Crippen LogP contribution >= 0.6 is 0 Å². The normalized spacial score (nSPS) is 28.5. The first kappa shape index (κ1) is 20.2. The number of ether oxygens (including phenoxy) is 1. The van der Waals surface area contributed by atoms with Crippen molar-refractivity contribution in [2.24, 2.45) is 0 Å². The number of hydrogen-bond donors (Lipinski definition) is 2. The molecule has 3 aliphatic rings. The number of methoxy groups -OCH3 is 1. The highest BCUT2D eigenvalue weighted by molar-refractivity contribution is 6.21. The van der Waals surface area contributed by atoms with Crippen LogP contribution in [0.4, 0.5) is 5.69 Å². The summed E-state index contributed by atoms with van der Waals surface area (Å²) in [5.74, 6) is 0.570. The predicted octanol–water partition coefficient (Wildman–Crippen LogP) is -0.332. The van der Waals surface area contributed by atoms with Gasteiger partial charge in [0, 0.05) is 12.8 Å². The molecular weight excluding hydrogens is 390 g/mol. The molecule has 0 saturated carbocycles. The Kier molecular flexibility index (Phi) is 5.50. The number of anilines is 1. The van der Waals surface area contributed by atoms with Gasteiger partial charge in [0.05, 0.1) is 25.3 Å². The minimum Gasteiger partial charge on any atom is -0.497 e. The third-order valence-corrected chi connectivity index (χ3v) is 7.43. The zero-order chi connectivity index (χ0) is 21.4. The molecule has 0 spiro atoms. The fourth-order valence-electron chi connectivity index (χ4n) is 5.65. The molecule has 0 radical (unpaired) electrons. The number of fused-ring (bicyclic) bond motifs is 1. The van der Waals surface area contributed by atoms with E-state index in [0.29, 0.717) is 18.2 Å². The molecular formula is C25H31N3O3+2. The van der Waals surface area contributed by atoms with E-state index in [2.05, 4.69) is 24.3 Å². The summed E-state index contributed by atoms with van der Waals surface area (Å²) in [4.78, 5) is 30.1. The van der Waals surface area contributed by atoms with Crippen LogP contribution in [0.15, 0.2) is 48.5 Å². The number of carbonyl (C=O) groups is 2. The van der Waals surface area contributed by atoms with Crippen molar-refractivity contribution in [3.8, 4) is 5.75 Å². The Morgan fingerprint density at radius 3 is 2.26 bits per heavy atom. The van der Waals surface area contributed by atoms with E-state index in [-0.39, 0.29) is 17.9 Å². The highest BCUT2D eigenvalue weighted by atomic mass is 16.5. The molecule has 2 N–H and O–H groups in total. The van der Waals surface area contributed by atoms with Crippen molar-refractivity contribution in [3.63, 3.8) is 0 Å². The first-order chi connectivity index (χ1) is 15.1. The maximum absolute atomic E-state index is 13.1. The Morgan fingerprint density at radius 1 is 0.871 bits per heavy atom. The standard InChI is InChI=1S/C25H29N3O3/c1-31-22-10-8-20(9-11-22)28-24(29)17-23(25(28)30)27-14-12-26(13-15-27)21-7-6-18-4-2-3-5-19(18)16-21/h2-5,8-11,21,23H,6-7,12-17H2,1H3/p+2/t21-,23+/m1/s1. The minimum absolute atomic E-state index is 0.0554. The summed E-state index contributed by atoms with van der Waals surface area (Å²) in [5, 5.41) is 0. The van der Waals surface area contributed by atoms with Crippen molar-refractivity contribution in [1.82, 2.24) is 0 Å². The maximum atomic E-state index is 13.1. The number of benzene rings is 2. The van der Waals surface area contributed by atoms with E-state index in [4.69, 9.17) is 4.74 Å². The molecule has 2 aromatic rings. The van der Waals surface area contributed by atoms with E-state index in [1.807, 2.05) is 0 Å². The molecule has 2 amide bonds. The highest BCUT2D eigenvalue weighted by Crippen LogP contribution is 2.24. The van der Waals surface area contributed by atoms with Crippen LogP contribution in [-0.4, -0.2) is 57.2 Å². The van der Waals surface area contributed by atoms with Crippen molar-refractivity contribution in [2.45, 2.75) is 37.8 Å². The third kappa shape index (κ3) is 3.86. The number of aryl methyl sites for hydroxylation is 1. The molecule has 2 heterocycles. The van der Waals surface area contributed by atoms with Gasteiger partial charge >= 0.3 is 0 Å². The van der Waals surface area contributed by atoms with Crippen molar-refractivity contribution < 1.29 is 24.1 Å². The van der Waals surface area contributed by atoms with Crippen molar-refractivity contribution >= 4 is 17.5 Å². The number of carbonyl (C=O) groups excluding carboxylic acids is 2. The summed E-state index contributed by atoms with van der Waals surface area (Å²) in [6.07, 6.45) is 3.89. The van der Waals surface area contributed by atoms with Gasteiger partial charge in [-0.25, -0.2) is 4.90 Å². The second kappa shape index (κ2) is 8.44. The summed E-state index contributed by atoms with van der Waals surface area (Å²) < 4.78 is 5.19. The molecule has 2 fully saturated rings. The Morgan fingerprint density at radius 2 is 1.55 bits per heavy atom. The molecule has 6 nitrogen and oxygen atoms in total. The van der Waals surface area contributed by atoms with Crippen LogP contribution in [0.25, 0.3) is 0 Å². The highest BCUT2D eigenvalue weighted by Gasteiger charge is 2.47. The zero-order valence-electron chi connectivity index (χ0n) is 18.1. The number of piperazine rings is 1. The molecule has 1 aliphatic carbocycles. The van der Waals surface area contributed by atoms with Gasteiger partial charge in [-0.2, -0.15) is 0 Å². The summed E-state index contributed by atoms with van der Waals surface area (Å²) >= 11 is 0. The number of rotatable bonds is 4. The average molecular weight is 422 g/mol. The molecule has 2 aromatic carbocycles. The minimum atomic E-state index is -0.247. The van der Waals surface area contributed by atoms with Gasteiger partial charge in [-0.05, 0) is 41.8 Å². The third-order valence-electron chi connectivity index (χ3n) is 7.43. The molecule has 0 bridgehead atoms. The largest absolute Gasteiger partial charge is 0.497 e. The number of amides is 2. The summed E-state index contributed by atoms with van der Waals surface area (Å²) in [6.45, 7) is 4.05. The molecule has 6 heteroatoms. The van der Waals surface area contributed by atoms with Gasteiger partial charge in [0.25, 0.3) is 5.91 Å². The van der Waals surface area contributed by atoms with Gasteiger partial charge in [-0.1, -0.05) is 24.3 Å². The van der Waals surface area contributed by atoms with Crippen LogP contribution in [-0.2, 0) is 22.4 Å². The monoisotopic (exact) mass is 421 g/mol. The number of nitrogens with zero attached hydrogens (tertiary/aromatic N) is 1. The first-order valence-corrected chi connectivity index (χ1v) is 11.4. The predicted molar refractivity (Wildman–Crippen MR) is 118 cm³/mol. The van der Waals surface area contributed by atoms with Crippen LogP contribution in [0.5, 0.6) is 5.75 Å². The maximum Gasteiger partial charge on any atom is 0.292 e. The smallest absolute Gasteiger partial charge is 0.292 e. The SMILES string of the molecule is COc1ccc(N2C(=O)C[C@H]([NH+]3CC[NH+]([C@@H]4CCc5ccccc5C4)CC3)C2=O)cc1. The van der Waals surface area contributed by atoms with E-state index >= 15 is 0 Å². The van der Waals surface area contributed by atoms with Gasteiger partial charge in [0.15, 0.2) is 6.04 Å². The van der Waals surface area contributed by atoms with Crippen LogP contribution in [0.1, 0.15) is 24.0 Å². The van der Waals surface area contributed by atoms with Gasteiger partial charge in [0.1, 0.15) is 31.9 Å². The van der Waals surface area contributed by atoms with Crippen LogP contribution in [0, 0.1) is 0 Å². The second-order valence-electron chi connectivity index (χ2n) is 9.05. The molecule has 0 unspecified atom stereocenters. The number of imide groups is 1. The lowest BCUT2D eigenvalue weighted by molar-refractivity contribution is -1.03. The molecule has 5 rings (SSSR count). The van der Waals surface area contributed by atoms with Crippen molar-refractivity contribution in [2.75, 3.05) is 38.2 Å². The number of hydrogen-bond acceptors (Lipinski definition) is 3. The second-order valence-corrected chi connectivity index (χ2v) is 9.05. The fraction of sp³-hybridized carbons (Fsp3) is 0.440. The molecule has 0 aromatic heterocycles. The first-order valence-electron chi connectivity index (χ1n) is 11.4. The Balaban J connectivity index is 1.21. The lowest BCUT2D eigenvalue weighted by Gasteiger charge is -2.37. The van der Waals surface area contributed by atoms with Crippen molar-refractivity contribution in [3.05, 3.63) is 59.7 Å². The van der Waals surface area contributed by atoms with Gasteiger partial charge < -0.3 is 14.5 Å². The lowest BCUT2D eigenvalue weighted by atomic mass is 9.87. The molecule has 2 atom stereocenters. The number of nitrogens with one attached hydrogen (secondary N) is 2. The Bertz CT molecular complexity index is 966. The Hall–Kier alpha value is -2.70. The molecule has 162 valence electrons. The average Bonchev–Trinajstić information content (AvgIpc) is 3.12. The molecule has 31 heavy (non-hydrogen) atoms. The van der Waals surface area contributed by atoms with E-state index in [1.165, 1.54) is 33.8 Å². The van der Waals surface area contributed by atoms with E-state index < -0.39 is 0 Å². The molecule has 2 saturated heterocycles. The van der Waals surface area contributed by atoms with E-state index in [1.54, 1.807) is 36.3 Å². The Labute approximate surface area is 183 Å². The van der Waals surface area contributed by atoms with Gasteiger partial charge in [0.2, 0.25) is 5.91 Å². The van der Waals surface area contributed by atoms with Crippen molar-refractivity contribution in [1.29, 1.82) is 0 Å². The summed E-state index contributed by atoms with van der Waals surface area (Å²) in [5.41, 5.74) is 3.66. The topological polar surface area (TPSA) is 55.5 Å². The molecule has 2 aliphatic heterocycles. The van der Waals surface area contributed by atoms with Crippen LogP contribution < -0.4 is 19.4 Å². The van der Waals surface area contributed by atoms with Gasteiger partial charge in [-0.3, -0.25) is 9.59 Å². The van der Waals surface area contributed by atoms with E-state index in [0.717, 1.165) is 38.3 Å². The van der Waals surface area contributed by atoms with Crippen LogP contribution in [0.3, 0.4) is 0 Å². The van der Waals surface area contributed by atoms with Crippen LogP contribution in [0.2, 0.25) is 0 Å². The fourth-order valence-corrected chi connectivity index (χ4v) is 5.65. The zero-order valence-corrected chi connectivity index (χ0v) is 18.1.